The molecule has 0 bridgehead atoms. The van der Waals surface area contributed by atoms with Gasteiger partial charge in [-0.05, 0) is 44.8 Å². The van der Waals surface area contributed by atoms with Gasteiger partial charge in [-0.25, -0.2) is 4.79 Å². The molecule has 0 amide bonds. The molecule has 0 radical (unpaired) electrons. The molecule has 0 saturated heterocycles. The molecule has 0 spiro atoms. The summed E-state index contributed by atoms with van der Waals surface area (Å²) in [6.07, 6.45) is 12.8. The fraction of sp³-hybridized carbons (Fsp3) is 0.562. The minimum absolute atomic E-state index is 0.109. The fourth-order valence-electron chi connectivity index (χ4n) is 2.26. The third kappa shape index (κ3) is 4.76. The van der Waals surface area contributed by atoms with E-state index in [1.807, 2.05) is 0 Å². The lowest BCUT2D eigenvalue weighted by Gasteiger charge is -2.21. The Bertz CT molecular complexity index is 394. The number of carbonyl (C=O) groups excluding carboxylic acids is 1. The van der Waals surface area contributed by atoms with Crippen molar-refractivity contribution < 1.29 is 19.0 Å². The molecule has 0 aliphatic heterocycles. The molecule has 0 fully saturated rings. The van der Waals surface area contributed by atoms with E-state index in [1.54, 1.807) is 13.0 Å². The first-order valence-corrected chi connectivity index (χ1v) is 7.29. The highest BCUT2D eigenvalue weighted by Crippen LogP contribution is 2.24. The maximum Gasteiger partial charge on any atom is 0.330 e. The Kier molecular flexibility index (Phi) is 5.71. The van der Waals surface area contributed by atoms with Gasteiger partial charge in [-0.3, -0.25) is 0 Å². The highest BCUT2D eigenvalue weighted by molar-refractivity contribution is 5.81. The van der Waals surface area contributed by atoms with Crippen molar-refractivity contribution >= 4 is 5.97 Å². The fourth-order valence-corrected chi connectivity index (χ4v) is 2.26. The smallest absolute Gasteiger partial charge is 0.330 e. The first-order valence-electron chi connectivity index (χ1n) is 7.29. The van der Waals surface area contributed by atoms with E-state index in [1.165, 1.54) is 6.08 Å². The van der Waals surface area contributed by atoms with Gasteiger partial charge in [0.05, 0.1) is 11.5 Å². The Balaban J connectivity index is 1.86. The summed E-state index contributed by atoms with van der Waals surface area (Å²) < 4.78 is 16.7. The topological polar surface area (TPSA) is 44.8 Å². The SMILES string of the molecule is CC=CC(=O)OCC(OC1=CCCC1)OC1=CCCC1. The number of esters is 1. The van der Waals surface area contributed by atoms with Crippen molar-refractivity contribution in [3.05, 3.63) is 35.8 Å². The molecule has 0 aromatic carbocycles. The summed E-state index contributed by atoms with van der Waals surface area (Å²) in [6.45, 7) is 1.89. The number of hydrogen-bond donors (Lipinski definition) is 0. The molecule has 4 nitrogen and oxygen atoms in total. The molecule has 110 valence electrons. The van der Waals surface area contributed by atoms with Gasteiger partial charge in [0.25, 0.3) is 6.29 Å². The van der Waals surface area contributed by atoms with E-state index < -0.39 is 6.29 Å². The molecule has 4 heteroatoms. The van der Waals surface area contributed by atoms with E-state index in [4.69, 9.17) is 14.2 Å². The van der Waals surface area contributed by atoms with Crippen LogP contribution in [0.1, 0.15) is 45.4 Å². The van der Waals surface area contributed by atoms with Gasteiger partial charge in [0.15, 0.2) is 6.61 Å². The maximum absolute atomic E-state index is 11.4. The molecule has 0 aromatic heterocycles. The summed E-state index contributed by atoms with van der Waals surface area (Å²) in [4.78, 5) is 11.4. The lowest BCUT2D eigenvalue weighted by molar-refractivity contribution is -0.158. The number of ether oxygens (including phenoxy) is 3. The Labute approximate surface area is 120 Å². The minimum Gasteiger partial charge on any atom is -0.456 e. The quantitative estimate of drug-likeness (QED) is 0.405. The van der Waals surface area contributed by atoms with Gasteiger partial charge in [-0.15, -0.1) is 0 Å². The van der Waals surface area contributed by atoms with Gasteiger partial charge >= 0.3 is 5.97 Å². The Morgan fingerprint density at radius 1 is 1.20 bits per heavy atom. The molecule has 0 saturated carbocycles. The molecule has 0 atom stereocenters. The summed E-state index contributed by atoms with van der Waals surface area (Å²) in [5, 5.41) is 0. The molecule has 20 heavy (non-hydrogen) atoms. The van der Waals surface area contributed by atoms with Crippen LogP contribution in [0.2, 0.25) is 0 Å². The van der Waals surface area contributed by atoms with Crippen LogP contribution in [0, 0.1) is 0 Å². The van der Waals surface area contributed by atoms with E-state index in [2.05, 4.69) is 12.2 Å². The van der Waals surface area contributed by atoms with Crippen LogP contribution in [-0.2, 0) is 19.0 Å². The second-order valence-electron chi connectivity index (χ2n) is 4.92. The van der Waals surface area contributed by atoms with Crippen molar-refractivity contribution in [3.8, 4) is 0 Å². The van der Waals surface area contributed by atoms with Crippen LogP contribution in [0.4, 0.5) is 0 Å². The standard InChI is InChI=1S/C16H22O4/c1-2-7-15(17)18-12-16(19-13-8-3-4-9-13)20-14-10-5-6-11-14/h2,7-8,10,16H,3-6,9,11-12H2,1H3. The molecule has 0 heterocycles. The van der Waals surface area contributed by atoms with Gasteiger partial charge in [-0.1, -0.05) is 6.08 Å². The second-order valence-corrected chi connectivity index (χ2v) is 4.92. The predicted molar refractivity (Wildman–Crippen MR) is 75.6 cm³/mol. The zero-order valence-electron chi connectivity index (χ0n) is 12.0. The Morgan fingerprint density at radius 2 is 1.80 bits per heavy atom. The summed E-state index contributed by atoms with van der Waals surface area (Å²) >= 11 is 0. The van der Waals surface area contributed by atoms with Gasteiger partial charge in [-0.2, -0.15) is 0 Å². The monoisotopic (exact) mass is 278 g/mol. The zero-order valence-corrected chi connectivity index (χ0v) is 12.0. The molecule has 2 aliphatic carbocycles. The highest BCUT2D eigenvalue weighted by atomic mass is 16.7. The van der Waals surface area contributed by atoms with Crippen molar-refractivity contribution in [3.63, 3.8) is 0 Å². The average Bonchev–Trinajstić information content (AvgIpc) is 3.10. The molecule has 2 aliphatic rings. The molecule has 0 unspecified atom stereocenters. The van der Waals surface area contributed by atoms with Gasteiger partial charge < -0.3 is 14.2 Å². The van der Waals surface area contributed by atoms with Gasteiger partial charge in [0, 0.05) is 18.9 Å². The molecule has 2 rings (SSSR count). The minimum atomic E-state index is -0.544. The van der Waals surface area contributed by atoms with E-state index in [0.29, 0.717) is 0 Å². The van der Waals surface area contributed by atoms with Gasteiger partial charge in [0.1, 0.15) is 0 Å². The number of carbonyl (C=O) groups is 1. The van der Waals surface area contributed by atoms with Crippen molar-refractivity contribution in [2.75, 3.05) is 6.61 Å². The molecule has 0 aromatic rings. The first-order chi connectivity index (χ1) is 9.78. The van der Waals surface area contributed by atoms with Crippen molar-refractivity contribution in [2.45, 2.75) is 51.7 Å². The van der Waals surface area contributed by atoms with E-state index in [0.717, 1.165) is 50.0 Å². The third-order valence-corrected chi connectivity index (χ3v) is 3.23. The van der Waals surface area contributed by atoms with Crippen LogP contribution in [-0.4, -0.2) is 18.9 Å². The normalized spacial score (nSPS) is 18.3. The average molecular weight is 278 g/mol. The molecule has 0 N–H and O–H groups in total. The number of rotatable bonds is 7. The molecular formula is C16H22O4. The van der Waals surface area contributed by atoms with Crippen LogP contribution in [0.15, 0.2) is 35.8 Å². The van der Waals surface area contributed by atoms with Gasteiger partial charge in [0.2, 0.25) is 0 Å². The predicted octanol–water partition coefficient (Wildman–Crippen LogP) is 3.60. The zero-order chi connectivity index (χ0) is 14.2. The summed E-state index contributed by atoms with van der Waals surface area (Å²) in [6, 6.07) is 0. The Morgan fingerprint density at radius 3 is 2.25 bits per heavy atom. The molecular weight excluding hydrogens is 256 g/mol. The number of allylic oxidation sites excluding steroid dienone is 5. The largest absolute Gasteiger partial charge is 0.456 e. The van der Waals surface area contributed by atoms with Crippen LogP contribution >= 0.6 is 0 Å². The van der Waals surface area contributed by atoms with Crippen LogP contribution in [0.25, 0.3) is 0 Å². The van der Waals surface area contributed by atoms with E-state index >= 15 is 0 Å². The Hall–Kier alpha value is -1.71. The van der Waals surface area contributed by atoms with Crippen LogP contribution < -0.4 is 0 Å². The lowest BCUT2D eigenvalue weighted by atomic mass is 10.3. The summed E-state index contributed by atoms with van der Waals surface area (Å²) in [7, 11) is 0. The summed E-state index contributed by atoms with van der Waals surface area (Å²) in [5.41, 5.74) is 0. The van der Waals surface area contributed by atoms with E-state index in [-0.39, 0.29) is 12.6 Å². The van der Waals surface area contributed by atoms with Crippen LogP contribution in [0.3, 0.4) is 0 Å². The van der Waals surface area contributed by atoms with E-state index in [9.17, 15) is 4.79 Å². The van der Waals surface area contributed by atoms with Crippen molar-refractivity contribution in [1.82, 2.24) is 0 Å². The summed E-state index contributed by atoms with van der Waals surface area (Å²) in [5.74, 6) is 1.51. The van der Waals surface area contributed by atoms with Crippen molar-refractivity contribution in [2.24, 2.45) is 0 Å². The highest BCUT2D eigenvalue weighted by Gasteiger charge is 2.19. The first kappa shape index (κ1) is 14.7. The second kappa shape index (κ2) is 7.78. The van der Waals surface area contributed by atoms with Crippen LogP contribution in [0.5, 0.6) is 0 Å². The lowest BCUT2D eigenvalue weighted by Crippen LogP contribution is -2.24. The number of hydrogen-bond acceptors (Lipinski definition) is 4. The van der Waals surface area contributed by atoms with Crippen molar-refractivity contribution in [1.29, 1.82) is 0 Å². The maximum atomic E-state index is 11.4. The third-order valence-electron chi connectivity index (χ3n) is 3.23.